The van der Waals surface area contributed by atoms with Gasteiger partial charge >= 0.3 is 0 Å². The fourth-order valence-corrected chi connectivity index (χ4v) is 3.77. The summed E-state index contributed by atoms with van der Waals surface area (Å²) in [5, 5.41) is 4.87. The molecule has 1 saturated heterocycles. The first-order chi connectivity index (χ1) is 12.0. The van der Waals surface area contributed by atoms with Crippen molar-refractivity contribution >= 4 is 46.4 Å². The van der Waals surface area contributed by atoms with Crippen LogP contribution in [0.4, 0.5) is 5.69 Å². The summed E-state index contributed by atoms with van der Waals surface area (Å²) in [4.78, 5) is 14.8. The average Bonchev–Trinajstić information content (AvgIpc) is 2.58. The van der Waals surface area contributed by atoms with Gasteiger partial charge in [0.15, 0.2) is 0 Å². The number of halogens is 3. The number of carbonyl (C=O) groups is 1. The molecule has 6 heteroatoms. The minimum atomic E-state index is -0.0428. The van der Waals surface area contributed by atoms with Crippen LogP contribution in [0.2, 0.25) is 15.1 Å². The predicted octanol–water partition coefficient (Wildman–Crippen LogP) is 5.50. The number of amides is 1. The summed E-state index contributed by atoms with van der Waals surface area (Å²) >= 11 is 18.2. The van der Waals surface area contributed by atoms with Crippen LogP contribution >= 0.6 is 34.8 Å². The summed E-state index contributed by atoms with van der Waals surface area (Å²) < 4.78 is 0. The van der Waals surface area contributed by atoms with Crippen molar-refractivity contribution in [1.82, 2.24) is 4.90 Å². The first-order valence-electron chi connectivity index (χ1n) is 8.24. The van der Waals surface area contributed by atoms with Crippen molar-refractivity contribution in [3.63, 3.8) is 0 Å². The highest BCUT2D eigenvalue weighted by Crippen LogP contribution is 2.25. The number of anilines is 1. The molecule has 0 saturated carbocycles. The molecule has 1 aliphatic heterocycles. The lowest BCUT2D eigenvalue weighted by atomic mass is 9.96. The zero-order chi connectivity index (χ0) is 17.8. The molecule has 3 nitrogen and oxygen atoms in total. The zero-order valence-electron chi connectivity index (χ0n) is 13.6. The first-order valence-corrected chi connectivity index (χ1v) is 9.37. The second-order valence-electron chi connectivity index (χ2n) is 6.31. The Labute approximate surface area is 162 Å². The highest BCUT2D eigenvalue weighted by Gasteiger charge is 2.26. The van der Waals surface area contributed by atoms with E-state index in [9.17, 15) is 4.79 Å². The van der Waals surface area contributed by atoms with Crippen LogP contribution in [0.15, 0.2) is 42.5 Å². The predicted molar refractivity (Wildman–Crippen MR) is 105 cm³/mol. The van der Waals surface area contributed by atoms with Gasteiger partial charge < -0.3 is 5.32 Å². The third-order valence-electron chi connectivity index (χ3n) is 4.38. The molecule has 1 unspecified atom stereocenters. The van der Waals surface area contributed by atoms with E-state index in [0.29, 0.717) is 21.6 Å². The number of carbonyl (C=O) groups excluding carboxylic acids is 1. The van der Waals surface area contributed by atoms with Gasteiger partial charge in [-0.25, -0.2) is 0 Å². The second kappa shape index (κ2) is 8.41. The summed E-state index contributed by atoms with van der Waals surface area (Å²) in [6, 6.07) is 12.8. The van der Waals surface area contributed by atoms with Crippen molar-refractivity contribution in [2.45, 2.75) is 19.4 Å². The highest BCUT2D eigenvalue weighted by atomic mass is 35.5. The van der Waals surface area contributed by atoms with E-state index in [0.717, 1.165) is 37.2 Å². The van der Waals surface area contributed by atoms with Crippen LogP contribution in [-0.4, -0.2) is 23.9 Å². The molecule has 1 N–H and O–H groups in total. The number of likely N-dealkylation sites (tertiary alicyclic amines) is 1. The van der Waals surface area contributed by atoms with E-state index in [1.807, 2.05) is 24.3 Å². The third-order valence-corrected chi connectivity index (χ3v) is 5.20. The van der Waals surface area contributed by atoms with Crippen molar-refractivity contribution in [3.8, 4) is 0 Å². The molecule has 0 aromatic heterocycles. The fraction of sp³-hybridized carbons (Fsp3) is 0.316. The normalized spacial score (nSPS) is 18.1. The maximum absolute atomic E-state index is 12.6. The van der Waals surface area contributed by atoms with Gasteiger partial charge in [-0.3, -0.25) is 9.69 Å². The van der Waals surface area contributed by atoms with Crippen molar-refractivity contribution in [1.29, 1.82) is 0 Å². The molecule has 25 heavy (non-hydrogen) atoms. The van der Waals surface area contributed by atoms with Gasteiger partial charge in [0.1, 0.15) is 0 Å². The molecule has 1 heterocycles. The van der Waals surface area contributed by atoms with Crippen LogP contribution < -0.4 is 5.32 Å². The molecule has 2 aromatic rings. The third kappa shape index (κ3) is 5.11. The van der Waals surface area contributed by atoms with Crippen LogP contribution in [0.1, 0.15) is 18.4 Å². The van der Waals surface area contributed by atoms with Crippen molar-refractivity contribution in [2.24, 2.45) is 5.92 Å². The molecule has 132 valence electrons. The highest BCUT2D eigenvalue weighted by molar-refractivity contribution is 6.35. The molecule has 3 rings (SSSR count). The molecular formula is C19H19Cl3N2O. The maximum atomic E-state index is 12.6. The molecule has 1 atom stereocenters. The van der Waals surface area contributed by atoms with Crippen molar-refractivity contribution < 1.29 is 4.79 Å². The number of hydrogen-bond acceptors (Lipinski definition) is 2. The summed E-state index contributed by atoms with van der Waals surface area (Å²) in [6.45, 7) is 2.39. The summed E-state index contributed by atoms with van der Waals surface area (Å²) in [5.74, 6) is -0.00650. The molecule has 0 spiro atoms. The Morgan fingerprint density at radius 3 is 2.68 bits per heavy atom. The number of piperidine rings is 1. The molecular weight excluding hydrogens is 379 g/mol. The van der Waals surface area contributed by atoms with Gasteiger partial charge in [-0.2, -0.15) is 0 Å². The van der Waals surface area contributed by atoms with Crippen LogP contribution in [0.3, 0.4) is 0 Å². The Morgan fingerprint density at radius 2 is 1.92 bits per heavy atom. The van der Waals surface area contributed by atoms with Crippen LogP contribution in [0.25, 0.3) is 0 Å². The van der Waals surface area contributed by atoms with E-state index < -0.39 is 0 Å². The Kier molecular flexibility index (Phi) is 6.24. The minimum absolute atomic E-state index is 0.0363. The summed E-state index contributed by atoms with van der Waals surface area (Å²) in [6.07, 6.45) is 1.87. The monoisotopic (exact) mass is 396 g/mol. The Hall–Kier alpha value is -1.26. The van der Waals surface area contributed by atoms with Crippen molar-refractivity contribution in [2.75, 3.05) is 18.4 Å². The molecule has 1 aliphatic rings. The van der Waals surface area contributed by atoms with E-state index >= 15 is 0 Å². The number of nitrogens with zero attached hydrogens (tertiary/aromatic N) is 1. The molecule has 1 amide bonds. The molecule has 1 fully saturated rings. The topological polar surface area (TPSA) is 32.3 Å². The zero-order valence-corrected chi connectivity index (χ0v) is 15.9. The SMILES string of the molecule is O=C(Nc1cccc(Cl)c1)C1CCCN(Cc2ccc(Cl)cc2Cl)C1. The van der Waals surface area contributed by atoms with Crippen LogP contribution in [-0.2, 0) is 11.3 Å². The Balaban J connectivity index is 1.61. The average molecular weight is 398 g/mol. The molecule has 2 aromatic carbocycles. The largest absolute Gasteiger partial charge is 0.326 e. The first kappa shape index (κ1) is 18.5. The van der Waals surface area contributed by atoms with E-state index in [-0.39, 0.29) is 11.8 Å². The van der Waals surface area contributed by atoms with Gasteiger partial charge in [0.2, 0.25) is 5.91 Å². The maximum Gasteiger partial charge on any atom is 0.228 e. The molecule has 0 radical (unpaired) electrons. The minimum Gasteiger partial charge on any atom is -0.326 e. The van der Waals surface area contributed by atoms with Gasteiger partial charge in [0.25, 0.3) is 0 Å². The van der Waals surface area contributed by atoms with Gasteiger partial charge in [-0.1, -0.05) is 46.9 Å². The summed E-state index contributed by atoms with van der Waals surface area (Å²) in [7, 11) is 0. The fourth-order valence-electron chi connectivity index (χ4n) is 3.11. The number of hydrogen-bond donors (Lipinski definition) is 1. The van der Waals surface area contributed by atoms with Gasteiger partial charge in [0.05, 0.1) is 5.92 Å². The number of nitrogens with one attached hydrogen (secondary N) is 1. The van der Waals surface area contributed by atoms with E-state index in [2.05, 4.69) is 10.2 Å². The number of benzene rings is 2. The van der Waals surface area contributed by atoms with E-state index in [4.69, 9.17) is 34.8 Å². The lowest BCUT2D eigenvalue weighted by Gasteiger charge is -2.32. The lowest BCUT2D eigenvalue weighted by molar-refractivity contribution is -0.121. The summed E-state index contributed by atoms with van der Waals surface area (Å²) in [5.41, 5.74) is 1.76. The molecule has 0 bridgehead atoms. The van der Waals surface area contributed by atoms with Gasteiger partial charge in [0, 0.05) is 33.8 Å². The smallest absolute Gasteiger partial charge is 0.228 e. The Bertz CT molecular complexity index is 766. The van der Waals surface area contributed by atoms with Crippen LogP contribution in [0.5, 0.6) is 0 Å². The molecule has 0 aliphatic carbocycles. The van der Waals surface area contributed by atoms with Crippen LogP contribution in [0, 0.1) is 5.92 Å². The Morgan fingerprint density at radius 1 is 1.12 bits per heavy atom. The van der Waals surface area contributed by atoms with Gasteiger partial charge in [-0.05, 0) is 55.3 Å². The van der Waals surface area contributed by atoms with E-state index in [1.54, 1.807) is 18.2 Å². The second-order valence-corrected chi connectivity index (χ2v) is 7.59. The van der Waals surface area contributed by atoms with Crippen molar-refractivity contribution in [3.05, 3.63) is 63.1 Å². The standard InChI is InChI=1S/C19H19Cl3N2O/c20-15-4-1-5-17(9-15)23-19(25)14-3-2-8-24(12-14)11-13-6-7-16(21)10-18(13)22/h1,4-7,9-10,14H,2-3,8,11-12H2,(H,23,25). The number of rotatable bonds is 4. The quantitative estimate of drug-likeness (QED) is 0.739. The lowest BCUT2D eigenvalue weighted by Crippen LogP contribution is -2.40. The van der Waals surface area contributed by atoms with E-state index in [1.165, 1.54) is 0 Å². The van der Waals surface area contributed by atoms with Gasteiger partial charge in [-0.15, -0.1) is 0 Å².